The zero-order chi connectivity index (χ0) is 14.9. The van der Waals surface area contributed by atoms with E-state index >= 15 is 0 Å². The molecule has 5 nitrogen and oxygen atoms in total. The molecule has 1 aliphatic heterocycles. The lowest BCUT2D eigenvalue weighted by Crippen LogP contribution is -2.65. The second-order valence-electron chi connectivity index (χ2n) is 7.09. The summed E-state index contributed by atoms with van der Waals surface area (Å²) in [6.07, 6.45) is -0.712. The van der Waals surface area contributed by atoms with Crippen molar-refractivity contribution in [2.75, 3.05) is 0 Å². The highest BCUT2D eigenvalue weighted by molar-refractivity contribution is 5.91. The maximum atomic E-state index is 11.8. The molecule has 3 N–H and O–H groups in total. The summed E-state index contributed by atoms with van der Waals surface area (Å²) in [4.78, 5) is 11.8. The number of carbonyl (C=O) groups is 1. The Morgan fingerprint density at radius 2 is 2.00 bits per heavy atom. The molecule has 7 atom stereocenters. The number of fused-ring (bicyclic) bond motifs is 3. The summed E-state index contributed by atoms with van der Waals surface area (Å²) in [6, 6.07) is 0. The van der Waals surface area contributed by atoms with Crippen molar-refractivity contribution in [2.45, 2.75) is 57.0 Å². The first-order valence-corrected chi connectivity index (χ1v) is 7.17. The van der Waals surface area contributed by atoms with Crippen LogP contribution in [0.4, 0.5) is 0 Å². The summed E-state index contributed by atoms with van der Waals surface area (Å²) in [5.74, 6) is -1.37. The molecule has 112 valence electrons. The van der Waals surface area contributed by atoms with Gasteiger partial charge >= 0.3 is 5.97 Å². The van der Waals surface area contributed by atoms with Gasteiger partial charge in [0.15, 0.2) is 0 Å². The van der Waals surface area contributed by atoms with E-state index in [2.05, 4.69) is 6.58 Å². The van der Waals surface area contributed by atoms with E-state index in [0.717, 1.165) is 0 Å². The Morgan fingerprint density at radius 3 is 2.65 bits per heavy atom. The third kappa shape index (κ3) is 1.63. The second-order valence-corrected chi connectivity index (χ2v) is 7.09. The number of rotatable bonds is 0. The van der Waals surface area contributed by atoms with E-state index in [1.165, 1.54) is 0 Å². The third-order valence-corrected chi connectivity index (χ3v) is 5.72. The van der Waals surface area contributed by atoms with Crippen molar-refractivity contribution in [3.63, 3.8) is 0 Å². The van der Waals surface area contributed by atoms with E-state index in [0.29, 0.717) is 19.3 Å². The van der Waals surface area contributed by atoms with Gasteiger partial charge in [-0.15, -0.1) is 0 Å². The number of aliphatic hydroxyl groups is 3. The molecular weight excluding hydrogens is 260 g/mol. The molecule has 2 saturated carbocycles. The molecule has 2 aliphatic carbocycles. The fourth-order valence-corrected chi connectivity index (χ4v) is 4.74. The molecular formula is C15H22O5. The quantitative estimate of drug-likeness (QED) is 0.441. The van der Waals surface area contributed by atoms with Crippen LogP contribution in [0.2, 0.25) is 0 Å². The summed E-state index contributed by atoms with van der Waals surface area (Å²) in [6.45, 7) is 7.31. The summed E-state index contributed by atoms with van der Waals surface area (Å²) < 4.78 is 5.40. The van der Waals surface area contributed by atoms with E-state index in [9.17, 15) is 20.1 Å². The van der Waals surface area contributed by atoms with Gasteiger partial charge < -0.3 is 20.1 Å². The molecule has 5 heteroatoms. The summed E-state index contributed by atoms with van der Waals surface area (Å²) in [7, 11) is 0. The van der Waals surface area contributed by atoms with Crippen LogP contribution in [0, 0.1) is 17.3 Å². The molecule has 3 rings (SSSR count). The lowest BCUT2D eigenvalue weighted by atomic mass is 9.50. The van der Waals surface area contributed by atoms with Crippen molar-refractivity contribution in [3.05, 3.63) is 12.2 Å². The minimum atomic E-state index is -1.03. The molecule has 0 aromatic carbocycles. The fourth-order valence-electron chi connectivity index (χ4n) is 4.74. The number of aliphatic hydroxyl groups excluding tert-OH is 2. The molecule has 0 aromatic rings. The molecule has 20 heavy (non-hydrogen) atoms. The van der Waals surface area contributed by atoms with Crippen molar-refractivity contribution in [1.82, 2.24) is 0 Å². The van der Waals surface area contributed by atoms with Crippen LogP contribution in [0.5, 0.6) is 0 Å². The predicted molar refractivity (Wildman–Crippen MR) is 70.6 cm³/mol. The van der Waals surface area contributed by atoms with Gasteiger partial charge in [0.05, 0.1) is 23.7 Å². The first-order valence-electron chi connectivity index (χ1n) is 7.17. The van der Waals surface area contributed by atoms with Crippen LogP contribution in [0.1, 0.15) is 33.1 Å². The van der Waals surface area contributed by atoms with E-state index in [4.69, 9.17) is 4.74 Å². The Hall–Kier alpha value is -0.910. The standard InChI is InChI=1S/C15H22O5/c1-7-10-8(16)6-14(2)9(17)4-5-15(3,19)12(14)11(10)20-13(7)18/h8-12,16-17,19H,1,4-6H2,2-3H3/t8-,9-,10-,11+,12-,14+,15-/m1/s1. The Morgan fingerprint density at radius 1 is 1.35 bits per heavy atom. The maximum Gasteiger partial charge on any atom is 0.334 e. The minimum absolute atomic E-state index is 0.278. The SMILES string of the molecule is C=C1C(=O)O[C@H]2[C@H]1[C@H](O)C[C@@]1(C)[C@H](O)CC[C@@](C)(O)[C@H]21. The van der Waals surface area contributed by atoms with E-state index in [-0.39, 0.29) is 5.57 Å². The normalized spacial score (nSPS) is 55.1. The fraction of sp³-hybridized carbons (Fsp3) is 0.800. The lowest BCUT2D eigenvalue weighted by Gasteiger charge is -2.58. The number of esters is 1. The van der Waals surface area contributed by atoms with Gasteiger partial charge in [-0.25, -0.2) is 4.79 Å². The highest BCUT2D eigenvalue weighted by atomic mass is 16.6. The molecule has 0 radical (unpaired) electrons. The Labute approximate surface area is 118 Å². The van der Waals surface area contributed by atoms with Crippen LogP contribution < -0.4 is 0 Å². The van der Waals surface area contributed by atoms with Crippen LogP contribution in [0.15, 0.2) is 12.2 Å². The van der Waals surface area contributed by atoms with Gasteiger partial charge in [0.25, 0.3) is 0 Å². The number of ether oxygens (including phenoxy) is 1. The Balaban J connectivity index is 2.08. The largest absolute Gasteiger partial charge is 0.458 e. The van der Waals surface area contributed by atoms with Gasteiger partial charge in [0.1, 0.15) is 6.10 Å². The van der Waals surface area contributed by atoms with Gasteiger partial charge in [0, 0.05) is 16.9 Å². The number of hydrogen-bond acceptors (Lipinski definition) is 5. The highest BCUT2D eigenvalue weighted by Gasteiger charge is 2.65. The molecule has 3 fully saturated rings. The van der Waals surface area contributed by atoms with Crippen LogP contribution >= 0.6 is 0 Å². The molecule has 0 spiro atoms. The minimum Gasteiger partial charge on any atom is -0.458 e. The zero-order valence-corrected chi connectivity index (χ0v) is 11.9. The Kier molecular flexibility index (Phi) is 2.85. The summed E-state index contributed by atoms with van der Waals surface area (Å²) in [5, 5.41) is 31.5. The highest BCUT2D eigenvalue weighted by Crippen LogP contribution is 2.58. The number of carbonyl (C=O) groups excluding carboxylic acids is 1. The van der Waals surface area contributed by atoms with E-state index in [1.807, 2.05) is 6.92 Å². The van der Waals surface area contributed by atoms with Gasteiger partial charge in [-0.05, 0) is 26.2 Å². The molecule has 0 unspecified atom stereocenters. The molecule has 1 heterocycles. The second kappa shape index (κ2) is 4.06. The first kappa shape index (κ1) is 14.0. The van der Waals surface area contributed by atoms with Crippen molar-refractivity contribution < 1.29 is 24.9 Å². The monoisotopic (exact) mass is 282 g/mol. The average Bonchev–Trinajstić information content (AvgIpc) is 2.60. The smallest absolute Gasteiger partial charge is 0.334 e. The third-order valence-electron chi connectivity index (χ3n) is 5.72. The van der Waals surface area contributed by atoms with Gasteiger partial charge in [-0.3, -0.25) is 0 Å². The molecule has 0 amide bonds. The van der Waals surface area contributed by atoms with Gasteiger partial charge in [-0.2, -0.15) is 0 Å². The molecule has 1 saturated heterocycles. The van der Waals surface area contributed by atoms with E-state index < -0.39 is 47.1 Å². The van der Waals surface area contributed by atoms with Gasteiger partial charge in [-0.1, -0.05) is 13.5 Å². The van der Waals surface area contributed by atoms with Crippen molar-refractivity contribution in [2.24, 2.45) is 17.3 Å². The van der Waals surface area contributed by atoms with Crippen molar-refractivity contribution >= 4 is 5.97 Å². The molecule has 3 aliphatic rings. The van der Waals surface area contributed by atoms with Gasteiger partial charge in [0.2, 0.25) is 0 Å². The molecule has 0 aromatic heterocycles. The van der Waals surface area contributed by atoms with Crippen molar-refractivity contribution in [1.29, 1.82) is 0 Å². The Bertz CT molecular complexity index is 471. The zero-order valence-electron chi connectivity index (χ0n) is 11.9. The van der Waals surface area contributed by atoms with Crippen molar-refractivity contribution in [3.8, 4) is 0 Å². The first-order chi connectivity index (χ1) is 9.18. The van der Waals surface area contributed by atoms with Crippen LogP contribution in [0.3, 0.4) is 0 Å². The molecule has 0 bridgehead atoms. The lowest BCUT2D eigenvalue weighted by molar-refractivity contribution is -0.228. The topological polar surface area (TPSA) is 87.0 Å². The van der Waals surface area contributed by atoms with Crippen LogP contribution in [0.25, 0.3) is 0 Å². The maximum absolute atomic E-state index is 11.8. The summed E-state index contributed by atoms with van der Waals surface area (Å²) in [5.41, 5.74) is -1.41. The van der Waals surface area contributed by atoms with Crippen LogP contribution in [-0.4, -0.2) is 45.2 Å². The number of hydrogen-bond donors (Lipinski definition) is 3. The summed E-state index contributed by atoms with van der Waals surface area (Å²) >= 11 is 0. The van der Waals surface area contributed by atoms with E-state index in [1.54, 1.807) is 6.92 Å². The predicted octanol–water partition coefficient (Wildman–Crippen LogP) is 0.377. The van der Waals surface area contributed by atoms with Crippen LogP contribution in [-0.2, 0) is 9.53 Å². The average molecular weight is 282 g/mol.